The largest absolute Gasteiger partial charge is 0.462 e. The van der Waals surface area contributed by atoms with E-state index in [4.69, 9.17) is 14.2 Å². The van der Waals surface area contributed by atoms with Gasteiger partial charge >= 0.3 is 17.9 Å². The van der Waals surface area contributed by atoms with Crippen LogP contribution in [0.25, 0.3) is 0 Å². The average Bonchev–Trinajstić information content (AvgIpc) is 3.47. The lowest BCUT2D eigenvalue weighted by Crippen LogP contribution is -2.30. The van der Waals surface area contributed by atoms with Crippen LogP contribution in [0.15, 0.2) is 158 Å². The number of esters is 3. The highest BCUT2D eigenvalue weighted by Gasteiger charge is 2.19. The Morgan fingerprint density at radius 1 is 0.256 bits per heavy atom. The molecule has 1 unspecified atom stereocenters. The molecule has 0 aromatic rings. The van der Waals surface area contributed by atoms with Crippen LogP contribution in [-0.4, -0.2) is 37.2 Å². The average molecular weight is 1130 g/mol. The SMILES string of the molecule is CC/C=C\C/C=C\C/C=C\C/C=C\C/C=C\C/C=C\C/C=C\CCCC(=O)OC(COC(=O)CCCCCCCC/C=C\C/C=C\C/C=C\C/C=C\C/C=C\C/C=C\CC)COC(=O)CCCCCCCCCCCCCCCCCC. The van der Waals surface area contributed by atoms with Gasteiger partial charge in [0, 0.05) is 19.3 Å². The van der Waals surface area contributed by atoms with Crippen LogP contribution >= 0.6 is 0 Å². The van der Waals surface area contributed by atoms with Gasteiger partial charge in [0.25, 0.3) is 0 Å². The second kappa shape index (κ2) is 68.5. The lowest BCUT2D eigenvalue weighted by atomic mass is 10.0. The van der Waals surface area contributed by atoms with Crippen molar-refractivity contribution in [1.29, 1.82) is 0 Å². The quantitative estimate of drug-likeness (QED) is 0.0261. The molecule has 6 heteroatoms. The normalized spacial score (nSPS) is 13.2. The first-order valence-corrected chi connectivity index (χ1v) is 33.5. The van der Waals surface area contributed by atoms with E-state index in [1.54, 1.807) is 0 Å². The summed E-state index contributed by atoms with van der Waals surface area (Å²) in [6.07, 6.45) is 99.6. The van der Waals surface area contributed by atoms with E-state index >= 15 is 0 Å². The van der Waals surface area contributed by atoms with Gasteiger partial charge in [0.1, 0.15) is 13.2 Å². The van der Waals surface area contributed by atoms with Crippen molar-refractivity contribution < 1.29 is 28.6 Å². The molecule has 0 bridgehead atoms. The van der Waals surface area contributed by atoms with E-state index in [9.17, 15) is 14.4 Å². The van der Waals surface area contributed by atoms with Gasteiger partial charge in [-0.05, 0) is 122 Å². The molecule has 1 atom stereocenters. The molecule has 0 fully saturated rings. The molecule has 0 saturated carbocycles. The highest BCUT2D eigenvalue weighted by molar-refractivity contribution is 5.71. The summed E-state index contributed by atoms with van der Waals surface area (Å²) in [6, 6.07) is 0. The maximum Gasteiger partial charge on any atom is 0.306 e. The first-order chi connectivity index (χ1) is 40.5. The van der Waals surface area contributed by atoms with Crippen LogP contribution in [0.5, 0.6) is 0 Å². The van der Waals surface area contributed by atoms with Gasteiger partial charge in [-0.25, -0.2) is 0 Å². The number of hydrogen-bond acceptors (Lipinski definition) is 6. The first-order valence-electron chi connectivity index (χ1n) is 33.5. The predicted molar refractivity (Wildman–Crippen MR) is 357 cm³/mol. The van der Waals surface area contributed by atoms with Gasteiger partial charge < -0.3 is 14.2 Å². The molecule has 0 aliphatic heterocycles. The molecular formula is C76H122O6. The second-order valence-corrected chi connectivity index (χ2v) is 21.6. The van der Waals surface area contributed by atoms with Crippen LogP contribution in [0.2, 0.25) is 0 Å². The number of hydrogen-bond donors (Lipinski definition) is 0. The van der Waals surface area contributed by atoms with Crippen LogP contribution in [0.4, 0.5) is 0 Å². The summed E-state index contributed by atoms with van der Waals surface area (Å²) in [5.41, 5.74) is 0. The first kappa shape index (κ1) is 77.0. The van der Waals surface area contributed by atoms with Crippen molar-refractivity contribution >= 4 is 17.9 Å². The fourth-order valence-corrected chi connectivity index (χ4v) is 8.85. The standard InChI is InChI=1S/C76H122O6/c1-4-7-10-13-16-19-22-25-28-31-33-35-37-38-40-41-43-45-48-51-54-57-60-63-66-69-75(78)81-72-73(71-80-74(77)68-65-62-59-56-53-50-47-30-27-24-21-18-15-12-9-6-3)82-76(79)70-67-64-61-58-55-52-49-46-44-42-39-36-34-32-29-26-23-20-17-14-11-8-5-2/h7-8,10-11,16-17,19-20,25-26,28-29,33-36,38,40,42-45,49,52,58,61,73H,4-6,9,12-15,18,21-24,27,30-32,37,39,41,46-48,50-51,53-57,59-60,62-72H2,1-3H3/b10-7-,11-8-,19-16-,20-17-,28-25-,29-26-,35-33-,36-34-,40-38-,44-42-,45-43-,52-49-,61-58-. The topological polar surface area (TPSA) is 78.9 Å². The number of allylic oxidation sites excluding steroid dienone is 26. The van der Waals surface area contributed by atoms with E-state index in [1.807, 2.05) is 0 Å². The van der Waals surface area contributed by atoms with E-state index in [0.717, 1.165) is 141 Å². The molecule has 0 rings (SSSR count). The fourth-order valence-electron chi connectivity index (χ4n) is 8.85. The van der Waals surface area contributed by atoms with E-state index in [-0.39, 0.29) is 37.5 Å². The lowest BCUT2D eigenvalue weighted by Gasteiger charge is -2.18. The molecular weight excluding hydrogens is 1010 g/mol. The molecule has 0 aromatic carbocycles. The highest BCUT2D eigenvalue weighted by atomic mass is 16.6. The molecule has 0 aliphatic rings. The predicted octanol–water partition coefficient (Wildman–Crippen LogP) is 23.3. The van der Waals surface area contributed by atoms with Crippen LogP contribution in [-0.2, 0) is 28.6 Å². The molecule has 0 heterocycles. The molecule has 82 heavy (non-hydrogen) atoms. The molecule has 0 aliphatic carbocycles. The van der Waals surface area contributed by atoms with Gasteiger partial charge in [-0.3, -0.25) is 14.4 Å². The van der Waals surface area contributed by atoms with Crippen LogP contribution < -0.4 is 0 Å². The molecule has 0 aromatic heterocycles. The summed E-state index contributed by atoms with van der Waals surface area (Å²) < 4.78 is 16.9. The summed E-state index contributed by atoms with van der Waals surface area (Å²) in [5.74, 6) is -0.983. The van der Waals surface area contributed by atoms with Crippen LogP contribution in [0.3, 0.4) is 0 Å². The number of ether oxygens (including phenoxy) is 3. The number of rotatable bonds is 59. The smallest absolute Gasteiger partial charge is 0.306 e. The van der Waals surface area contributed by atoms with Gasteiger partial charge in [0.05, 0.1) is 0 Å². The Bertz CT molecular complexity index is 1830. The third kappa shape index (κ3) is 65.8. The zero-order valence-electron chi connectivity index (χ0n) is 52.9. The van der Waals surface area contributed by atoms with Crippen molar-refractivity contribution in [3.05, 3.63) is 158 Å². The molecule has 462 valence electrons. The fraction of sp³-hybridized carbons (Fsp3) is 0.618. The summed E-state index contributed by atoms with van der Waals surface area (Å²) >= 11 is 0. The van der Waals surface area contributed by atoms with Crippen molar-refractivity contribution in [2.45, 2.75) is 290 Å². The van der Waals surface area contributed by atoms with Crippen molar-refractivity contribution in [3.63, 3.8) is 0 Å². The minimum Gasteiger partial charge on any atom is -0.462 e. The van der Waals surface area contributed by atoms with Gasteiger partial charge in [-0.15, -0.1) is 0 Å². The Balaban J connectivity index is 4.52. The Labute approximate surface area is 505 Å². The maximum atomic E-state index is 12.9. The Hall–Kier alpha value is -4.97. The maximum absolute atomic E-state index is 12.9. The number of carbonyl (C=O) groups excluding carboxylic acids is 3. The molecule has 0 radical (unpaired) electrons. The zero-order chi connectivity index (χ0) is 59.2. The van der Waals surface area contributed by atoms with Crippen molar-refractivity contribution in [2.24, 2.45) is 0 Å². The lowest BCUT2D eigenvalue weighted by molar-refractivity contribution is -0.167. The van der Waals surface area contributed by atoms with Crippen molar-refractivity contribution in [2.75, 3.05) is 13.2 Å². The van der Waals surface area contributed by atoms with Crippen LogP contribution in [0, 0.1) is 0 Å². The third-order valence-corrected chi connectivity index (χ3v) is 13.8. The molecule has 0 N–H and O–H groups in total. The zero-order valence-corrected chi connectivity index (χ0v) is 52.9. The van der Waals surface area contributed by atoms with E-state index in [2.05, 4.69) is 179 Å². The minimum atomic E-state index is -0.823. The molecule has 0 amide bonds. The van der Waals surface area contributed by atoms with Crippen molar-refractivity contribution in [3.8, 4) is 0 Å². The summed E-state index contributed by atoms with van der Waals surface area (Å²) in [7, 11) is 0. The number of unbranched alkanes of at least 4 members (excludes halogenated alkanes) is 22. The Morgan fingerprint density at radius 3 is 0.780 bits per heavy atom. The van der Waals surface area contributed by atoms with E-state index < -0.39 is 6.10 Å². The van der Waals surface area contributed by atoms with Gasteiger partial charge in [0.15, 0.2) is 6.10 Å². The molecule has 6 nitrogen and oxygen atoms in total. The molecule has 0 spiro atoms. The summed E-state index contributed by atoms with van der Waals surface area (Å²) in [5, 5.41) is 0. The molecule has 0 saturated heterocycles. The monoisotopic (exact) mass is 1130 g/mol. The highest BCUT2D eigenvalue weighted by Crippen LogP contribution is 2.16. The van der Waals surface area contributed by atoms with Gasteiger partial charge in [-0.2, -0.15) is 0 Å². The van der Waals surface area contributed by atoms with Crippen LogP contribution in [0.1, 0.15) is 284 Å². The minimum absolute atomic E-state index is 0.110. The van der Waals surface area contributed by atoms with Crippen molar-refractivity contribution in [1.82, 2.24) is 0 Å². The summed E-state index contributed by atoms with van der Waals surface area (Å²) in [6.45, 7) is 6.37. The van der Waals surface area contributed by atoms with E-state index in [0.29, 0.717) is 19.3 Å². The van der Waals surface area contributed by atoms with Gasteiger partial charge in [-0.1, -0.05) is 301 Å². The number of carbonyl (C=O) groups is 3. The Morgan fingerprint density at radius 2 is 0.488 bits per heavy atom. The second-order valence-electron chi connectivity index (χ2n) is 21.6. The third-order valence-electron chi connectivity index (χ3n) is 13.8. The van der Waals surface area contributed by atoms with Gasteiger partial charge in [0.2, 0.25) is 0 Å². The van der Waals surface area contributed by atoms with E-state index in [1.165, 1.54) is 96.3 Å². The Kier molecular flexibility index (Phi) is 64.4. The summed E-state index contributed by atoms with van der Waals surface area (Å²) in [4.78, 5) is 38.4.